The number of hydrogen-bond donors (Lipinski definition) is 1. The molecule has 7 nitrogen and oxygen atoms in total. The number of pyridine rings is 1. The van der Waals surface area contributed by atoms with Gasteiger partial charge in [0, 0.05) is 41.9 Å². The fourth-order valence-corrected chi connectivity index (χ4v) is 4.84. The summed E-state index contributed by atoms with van der Waals surface area (Å²) in [5.74, 6) is 0. The Balaban J connectivity index is 0.000000803. The van der Waals surface area contributed by atoms with Crippen molar-refractivity contribution < 1.29 is 19.4 Å². The zero-order valence-electron chi connectivity index (χ0n) is 21.1. The van der Waals surface area contributed by atoms with Gasteiger partial charge in [-0.3, -0.25) is 14.7 Å². The van der Waals surface area contributed by atoms with E-state index in [9.17, 15) is 4.79 Å². The number of aryl methyl sites for hydroxylation is 2. The molecular weight excluding hydrogens is 534 g/mol. The molecule has 1 unspecified atom stereocenters. The molecule has 192 valence electrons. The first-order valence-electron chi connectivity index (χ1n) is 11.9. The number of rotatable bonds is 1. The molecule has 1 aromatic carbocycles. The lowest BCUT2D eigenvalue weighted by Gasteiger charge is -2.40. The SMILES string of the molecule is CC.CC(C)(C)OC(=O)N1CCN(C2c3ccc(Cl)cc3CCc3cc(Br)cnc32)CC1.O=CO. The molecule has 2 heterocycles. The van der Waals surface area contributed by atoms with Crippen LogP contribution in [0.4, 0.5) is 4.79 Å². The van der Waals surface area contributed by atoms with E-state index in [-0.39, 0.29) is 18.6 Å². The third-order valence-corrected chi connectivity index (χ3v) is 6.29. The van der Waals surface area contributed by atoms with Crippen molar-refractivity contribution in [2.75, 3.05) is 26.2 Å². The van der Waals surface area contributed by atoms with E-state index in [1.165, 1.54) is 16.7 Å². The van der Waals surface area contributed by atoms with Gasteiger partial charge in [-0.25, -0.2) is 4.79 Å². The van der Waals surface area contributed by atoms with Crippen LogP contribution >= 0.6 is 27.5 Å². The topological polar surface area (TPSA) is 83.0 Å². The lowest BCUT2D eigenvalue weighted by Crippen LogP contribution is -2.51. The number of carbonyl (C=O) groups is 2. The molecule has 1 aromatic heterocycles. The van der Waals surface area contributed by atoms with Crippen molar-refractivity contribution in [2.45, 2.75) is 59.1 Å². The largest absolute Gasteiger partial charge is 0.483 e. The second kappa shape index (κ2) is 13.2. The number of piperazine rings is 1. The number of amides is 1. The van der Waals surface area contributed by atoms with Crippen LogP contribution < -0.4 is 0 Å². The molecule has 1 saturated heterocycles. The Morgan fingerprint density at radius 3 is 2.34 bits per heavy atom. The minimum atomic E-state index is -0.482. The summed E-state index contributed by atoms with van der Waals surface area (Å²) in [6, 6.07) is 8.43. The minimum Gasteiger partial charge on any atom is -0.483 e. The molecule has 1 fully saturated rings. The van der Waals surface area contributed by atoms with Gasteiger partial charge in [0.25, 0.3) is 6.47 Å². The first-order chi connectivity index (χ1) is 16.6. The maximum atomic E-state index is 12.5. The van der Waals surface area contributed by atoms with Crippen molar-refractivity contribution in [1.29, 1.82) is 0 Å². The third kappa shape index (κ3) is 7.92. The summed E-state index contributed by atoms with van der Waals surface area (Å²) in [5, 5.41) is 7.65. The molecule has 35 heavy (non-hydrogen) atoms. The number of carboxylic acid groups (broad SMARTS) is 1. The number of fused-ring (bicyclic) bond motifs is 2. The van der Waals surface area contributed by atoms with Crippen LogP contribution in [0.1, 0.15) is 63.0 Å². The molecule has 0 spiro atoms. The van der Waals surface area contributed by atoms with Crippen molar-refractivity contribution >= 4 is 40.1 Å². The Kier molecular flexibility index (Phi) is 11.0. The fraction of sp³-hybridized carbons (Fsp3) is 0.500. The number of benzene rings is 1. The molecule has 0 bridgehead atoms. The van der Waals surface area contributed by atoms with Crippen molar-refractivity contribution in [3.05, 3.63) is 62.3 Å². The van der Waals surface area contributed by atoms with E-state index in [0.717, 1.165) is 41.1 Å². The van der Waals surface area contributed by atoms with Crippen molar-refractivity contribution in [2.24, 2.45) is 0 Å². The van der Waals surface area contributed by atoms with Gasteiger partial charge in [-0.1, -0.05) is 31.5 Å². The van der Waals surface area contributed by atoms with Crippen LogP contribution in [-0.2, 0) is 22.4 Å². The molecule has 9 heteroatoms. The van der Waals surface area contributed by atoms with Crippen molar-refractivity contribution in [3.63, 3.8) is 0 Å². The zero-order valence-corrected chi connectivity index (χ0v) is 23.4. The highest BCUT2D eigenvalue weighted by Crippen LogP contribution is 2.38. The van der Waals surface area contributed by atoms with Crippen molar-refractivity contribution in [1.82, 2.24) is 14.8 Å². The molecule has 4 rings (SSSR count). The molecular formula is C26H35BrClN3O4. The number of aromatic nitrogens is 1. The summed E-state index contributed by atoms with van der Waals surface area (Å²) in [4.78, 5) is 29.9. The maximum absolute atomic E-state index is 12.5. The molecule has 1 aliphatic carbocycles. The highest BCUT2D eigenvalue weighted by molar-refractivity contribution is 9.10. The predicted molar refractivity (Wildman–Crippen MR) is 142 cm³/mol. The Morgan fingerprint density at radius 1 is 1.14 bits per heavy atom. The molecule has 1 N–H and O–H groups in total. The third-order valence-electron chi connectivity index (χ3n) is 5.62. The predicted octanol–water partition coefficient (Wildman–Crippen LogP) is 5.97. The van der Waals surface area contributed by atoms with E-state index in [4.69, 9.17) is 31.2 Å². The van der Waals surface area contributed by atoms with Gasteiger partial charge >= 0.3 is 6.09 Å². The summed E-state index contributed by atoms with van der Waals surface area (Å²) in [6.45, 7) is 12.3. The Morgan fingerprint density at radius 2 is 1.74 bits per heavy atom. The van der Waals surface area contributed by atoms with Gasteiger partial charge in [-0.05, 0) is 84.4 Å². The van der Waals surface area contributed by atoms with Crippen molar-refractivity contribution in [3.8, 4) is 0 Å². The Bertz CT molecular complexity index is 951. The first kappa shape index (κ1) is 29.1. The number of nitrogens with zero attached hydrogens (tertiary/aromatic N) is 3. The van der Waals surface area contributed by atoms with Crippen LogP contribution in [0, 0.1) is 0 Å². The van der Waals surface area contributed by atoms with E-state index in [1.807, 2.05) is 46.9 Å². The van der Waals surface area contributed by atoms with Gasteiger partial charge in [-0.15, -0.1) is 0 Å². The van der Waals surface area contributed by atoms with Gasteiger partial charge in [0.15, 0.2) is 0 Å². The first-order valence-corrected chi connectivity index (χ1v) is 13.0. The maximum Gasteiger partial charge on any atom is 0.410 e. The summed E-state index contributed by atoms with van der Waals surface area (Å²) < 4.78 is 6.55. The summed E-state index contributed by atoms with van der Waals surface area (Å²) in [6.07, 6.45) is 3.51. The van der Waals surface area contributed by atoms with Gasteiger partial charge in [0.05, 0.1) is 11.7 Å². The van der Waals surface area contributed by atoms with Gasteiger partial charge in [0.2, 0.25) is 0 Å². The average Bonchev–Trinajstić information content (AvgIpc) is 2.96. The number of hydrogen-bond acceptors (Lipinski definition) is 5. The molecule has 2 aliphatic rings. The van der Waals surface area contributed by atoms with Crippen LogP contribution in [-0.4, -0.2) is 64.2 Å². The standard InChI is InChI=1S/C23H27BrClN3O2.C2H6.CH2O2/c1-23(2,3)30-22(29)28-10-8-27(9-11-28)21-19-7-6-18(25)13-15(19)4-5-16-12-17(24)14-26-20(16)21;1-2;2-1-3/h6-7,12-14,21H,4-5,8-11H2,1-3H3;1-2H3;1H,(H,2,3). The fourth-order valence-electron chi connectivity index (χ4n) is 4.27. The summed E-state index contributed by atoms with van der Waals surface area (Å²) in [7, 11) is 0. The van der Waals surface area contributed by atoms with Crippen LogP contribution in [0.25, 0.3) is 0 Å². The highest BCUT2D eigenvalue weighted by atomic mass is 79.9. The summed E-state index contributed by atoms with van der Waals surface area (Å²) >= 11 is 9.88. The smallest absolute Gasteiger partial charge is 0.410 e. The van der Waals surface area contributed by atoms with Crippen LogP contribution in [0.15, 0.2) is 34.9 Å². The minimum absolute atomic E-state index is 0.0589. The van der Waals surface area contributed by atoms with E-state index in [0.29, 0.717) is 13.1 Å². The van der Waals surface area contributed by atoms with E-state index >= 15 is 0 Å². The van der Waals surface area contributed by atoms with Gasteiger partial charge in [-0.2, -0.15) is 0 Å². The zero-order chi connectivity index (χ0) is 26.2. The number of carbonyl (C=O) groups excluding carboxylic acids is 1. The van der Waals surface area contributed by atoms with E-state index in [1.54, 1.807) is 4.90 Å². The molecule has 0 radical (unpaired) electrons. The quantitative estimate of drug-likeness (QED) is 0.427. The molecule has 2 aromatic rings. The normalized spacial score (nSPS) is 17.3. The highest BCUT2D eigenvalue weighted by Gasteiger charge is 2.34. The average molecular weight is 569 g/mol. The number of halogens is 2. The number of ether oxygens (including phenoxy) is 1. The van der Waals surface area contributed by atoms with E-state index in [2.05, 4.69) is 39.0 Å². The second-order valence-electron chi connectivity index (χ2n) is 9.05. The lowest BCUT2D eigenvalue weighted by atomic mass is 9.96. The second-order valence-corrected chi connectivity index (χ2v) is 10.4. The Labute approximate surface area is 221 Å². The van der Waals surface area contributed by atoms with Crippen LogP contribution in [0.2, 0.25) is 5.02 Å². The van der Waals surface area contributed by atoms with Crippen LogP contribution in [0.3, 0.4) is 0 Å². The molecule has 1 aliphatic heterocycles. The monoisotopic (exact) mass is 567 g/mol. The van der Waals surface area contributed by atoms with Gasteiger partial charge in [0.1, 0.15) is 5.60 Å². The molecule has 1 atom stereocenters. The lowest BCUT2D eigenvalue weighted by molar-refractivity contribution is -0.122. The van der Waals surface area contributed by atoms with E-state index < -0.39 is 5.60 Å². The van der Waals surface area contributed by atoms with Crippen LogP contribution in [0.5, 0.6) is 0 Å². The molecule has 0 saturated carbocycles. The molecule has 1 amide bonds. The summed E-state index contributed by atoms with van der Waals surface area (Å²) in [5.41, 5.74) is 4.42. The Hall–Kier alpha value is -2.16. The van der Waals surface area contributed by atoms with Gasteiger partial charge < -0.3 is 14.7 Å².